The van der Waals surface area contributed by atoms with E-state index >= 15 is 0 Å². The van der Waals surface area contributed by atoms with Crippen LogP contribution in [0.5, 0.6) is 0 Å². The van der Waals surface area contributed by atoms with E-state index in [0.29, 0.717) is 29.5 Å². The lowest BCUT2D eigenvalue weighted by Gasteiger charge is -2.15. The molecule has 0 spiro atoms. The molecule has 2 aromatic heterocycles. The molecule has 0 saturated heterocycles. The number of halogens is 1. The minimum absolute atomic E-state index is 0.178. The van der Waals surface area contributed by atoms with Gasteiger partial charge >= 0.3 is 0 Å². The molecule has 1 fully saturated rings. The molecule has 30 heavy (non-hydrogen) atoms. The van der Waals surface area contributed by atoms with Crippen molar-refractivity contribution in [3.8, 4) is 0 Å². The molecule has 1 aliphatic carbocycles. The third-order valence-corrected chi connectivity index (χ3v) is 6.36. The summed E-state index contributed by atoms with van der Waals surface area (Å²) < 4.78 is 2.93. The molecule has 8 heteroatoms. The van der Waals surface area contributed by atoms with Crippen LogP contribution in [0.4, 0.5) is 5.82 Å². The Hall–Kier alpha value is -2.33. The fraction of sp³-hybridized carbons (Fsp3) is 0.364. The standard InChI is InChI=1S/C22H24IN5O2/c1-14-7-18(9-16(14)12-29)26-22-19(10-24-13-25-22)21(30)20-5-6-28(27-20)11-15-3-2-4-17(23)8-15/h2-6,8,10,13-14,16,18,29H,7,9,11-12H2,1H3,(H,24,25,26)/t14-,16+,18-/m0/s1. The molecule has 1 saturated carbocycles. The first-order valence-corrected chi connectivity index (χ1v) is 11.1. The monoisotopic (exact) mass is 517 g/mol. The van der Waals surface area contributed by atoms with Crippen LogP contribution in [0.1, 0.15) is 41.4 Å². The number of carbonyl (C=O) groups is 1. The summed E-state index contributed by atoms with van der Waals surface area (Å²) in [6.07, 6.45) is 6.59. The maximum absolute atomic E-state index is 13.1. The van der Waals surface area contributed by atoms with Gasteiger partial charge in [-0.1, -0.05) is 19.1 Å². The minimum Gasteiger partial charge on any atom is -0.396 e. The zero-order valence-corrected chi connectivity index (χ0v) is 18.9. The van der Waals surface area contributed by atoms with Gasteiger partial charge in [-0.2, -0.15) is 5.10 Å². The largest absolute Gasteiger partial charge is 0.396 e. The first kappa shape index (κ1) is 20.9. The van der Waals surface area contributed by atoms with Crippen molar-refractivity contribution in [1.82, 2.24) is 19.7 Å². The highest BCUT2D eigenvalue weighted by atomic mass is 127. The molecule has 4 rings (SSSR count). The van der Waals surface area contributed by atoms with Crippen LogP contribution in [0, 0.1) is 15.4 Å². The van der Waals surface area contributed by atoms with Crippen LogP contribution in [-0.2, 0) is 6.54 Å². The molecule has 0 bridgehead atoms. The number of carbonyl (C=O) groups excluding carboxylic acids is 1. The first-order chi connectivity index (χ1) is 14.5. The lowest BCUT2D eigenvalue weighted by Crippen LogP contribution is -2.20. The number of anilines is 1. The van der Waals surface area contributed by atoms with Crippen LogP contribution in [-0.4, -0.2) is 43.3 Å². The number of nitrogens with one attached hydrogen (secondary N) is 1. The third-order valence-electron chi connectivity index (χ3n) is 5.69. The van der Waals surface area contributed by atoms with Crippen molar-refractivity contribution >= 4 is 34.2 Å². The van der Waals surface area contributed by atoms with Gasteiger partial charge in [-0.3, -0.25) is 9.48 Å². The van der Waals surface area contributed by atoms with Crippen molar-refractivity contribution < 1.29 is 9.90 Å². The molecule has 3 atom stereocenters. The van der Waals surface area contributed by atoms with E-state index in [1.165, 1.54) is 12.5 Å². The van der Waals surface area contributed by atoms with Crippen molar-refractivity contribution in [3.05, 3.63) is 69.4 Å². The summed E-state index contributed by atoms with van der Waals surface area (Å²) in [6, 6.07) is 10.1. The van der Waals surface area contributed by atoms with Crippen LogP contribution >= 0.6 is 22.6 Å². The highest BCUT2D eigenvalue weighted by Crippen LogP contribution is 2.33. The van der Waals surface area contributed by atoms with Gasteiger partial charge in [0.1, 0.15) is 17.8 Å². The second-order valence-electron chi connectivity index (χ2n) is 7.88. The summed E-state index contributed by atoms with van der Waals surface area (Å²) >= 11 is 2.28. The number of aliphatic hydroxyl groups excluding tert-OH is 1. The lowest BCUT2D eigenvalue weighted by atomic mass is 10.00. The Bertz CT molecular complexity index is 1040. The van der Waals surface area contributed by atoms with Crippen LogP contribution in [0.3, 0.4) is 0 Å². The van der Waals surface area contributed by atoms with Gasteiger partial charge in [0.15, 0.2) is 0 Å². The number of aromatic nitrogens is 4. The van der Waals surface area contributed by atoms with Gasteiger partial charge in [-0.15, -0.1) is 0 Å². The molecular formula is C22H24IN5O2. The van der Waals surface area contributed by atoms with Gasteiger partial charge in [0, 0.05) is 28.6 Å². The molecule has 2 heterocycles. The molecular weight excluding hydrogens is 493 g/mol. The Morgan fingerprint density at radius 2 is 2.20 bits per heavy atom. The van der Waals surface area contributed by atoms with Crippen molar-refractivity contribution in [3.63, 3.8) is 0 Å². The first-order valence-electron chi connectivity index (χ1n) is 10.0. The average Bonchev–Trinajstić information content (AvgIpc) is 3.34. The van der Waals surface area contributed by atoms with E-state index in [4.69, 9.17) is 0 Å². The maximum atomic E-state index is 13.1. The summed E-state index contributed by atoms with van der Waals surface area (Å²) in [4.78, 5) is 21.5. The van der Waals surface area contributed by atoms with Crippen LogP contribution in [0.25, 0.3) is 0 Å². The fourth-order valence-corrected chi connectivity index (χ4v) is 4.65. The van der Waals surface area contributed by atoms with Crippen LogP contribution in [0.15, 0.2) is 49.1 Å². The Balaban J connectivity index is 1.50. The average molecular weight is 517 g/mol. The van der Waals surface area contributed by atoms with Crippen molar-refractivity contribution in [2.45, 2.75) is 32.4 Å². The second kappa shape index (κ2) is 9.22. The topological polar surface area (TPSA) is 92.9 Å². The predicted octanol–water partition coefficient (Wildman–Crippen LogP) is 3.38. The molecule has 156 valence electrons. The van der Waals surface area contributed by atoms with E-state index in [0.717, 1.165) is 22.0 Å². The van der Waals surface area contributed by atoms with E-state index in [-0.39, 0.29) is 24.3 Å². The number of hydrogen-bond donors (Lipinski definition) is 2. The minimum atomic E-state index is -0.204. The van der Waals surface area contributed by atoms with E-state index in [1.807, 2.05) is 24.4 Å². The number of benzene rings is 1. The molecule has 0 amide bonds. The summed E-state index contributed by atoms with van der Waals surface area (Å²) in [5, 5.41) is 17.4. The highest BCUT2D eigenvalue weighted by molar-refractivity contribution is 14.1. The highest BCUT2D eigenvalue weighted by Gasteiger charge is 2.31. The predicted molar refractivity (Wildman–Crippen MR) is 122 cm³/mol. The zero-order chi connectivity index (χ0) is 21.1. The van der Waals surface area contributed by atoms with Gasteiger partial charge in [-0.05, 0) is 71.0 Å². The van der Waals surface area contributed by atoms with Gasteiger partial charge in [-0.25, -0.2) is 9.97 Å². The molecule has 7 nitrogen and oxygen atoms in total. The van der Waals surface area contributed by atoms with Crippen molar-refractivity contribution in [2.24, 2.45) is 11.8 Å². The summed E-state index contributed by atoms with van der Waals surface area (Å²) in [5.41, 5.74) is 1.91. The molecule has 1 aliphatic rings. The number of rotatable bonds is 7. The number of hydrogen-bond acceptors (Lipinski definition) is 6. The summed E-state index contributed by atoms with van der Waals surface area (Å²) in [6.45, 7) is 2.94. The Labute approximate surface area is 189 Å². The second-order valence-corrected chi connectivity index (χ2v) is 9.12. The zero-order valence-electron chi connectivity index (χ0n) is 16.7. The van der Waals surface area contributed by atoms with Crippen molar-refractivity contribution in [2.75, 3.05) is 11.9 Å². The fourth-order valence-electron chi connectivity index (χ4n) is 4.04. The summed E-state index contributed by atoms with van der Waals surface area (Å²) in [5.74, 6) is 1.03. The Kier molecular flexibility index (Phi) is 6.43. The van der Waals surface area contributed by atoms with E-state index in [1.54, 1.807) is 10.7 Å². The molecule has 3 aromatic rings. The number of aliphatic hydroxyl groups is 1. The van der Waals surface area contributed by atoms with Crippen molar-refractivity contribution in [1.29, 1.82) is 0 Å². The van der Waals surface area contributed by atoms with Crippen LogP contribution in [0.2, 0.25) is 0 Å². The maximum Gasteiger partial charge on any atom is 0.218 e. The van der Waals surface area contributed by atoms with E-state index in [9.17, 15) is 9.90 Å². The van der Waals surface area contributed by atoms with E-state index < -0.39 is 0 Å². The van der Waals surface area contributed by atoms with Gasteiger partial charge in [0.05, 0.1) is 12.1 Å². The normalized spacial score (nSPS) is 21.0. The molecule has 0 radical (unpaired) electrons. The van der Waals surface area contributed by atoms with Gasteiger partial charge in [0.2, 0.25) is 5.78 Å². The number of ketones is 1. The Morgan fingerprint density at radius 1 is 1.33 bits per heavy atom. The smallest absolute Gasteiger partial charge is 0.218 e. The summed E-state index contributed by atoms with van der Waals surface area (Å²) in [7, 11) is 0. The lowest BCUT2D eigenvalue weighted by molar-refractivity contribution is 0.103. The molecule has 1 aromatic carbocycles. The van der Waals surface area contributed by atoms with E-state index in [2.05, 4.69) is 56.0 Å². The molecule has 0 unspecified atom stereocenters. The Morgan fingerprint density at radius 3 is 2.97 bits per heavy atom. The SMILES string of the molecule is C[C@H]1C[C@H](Nc2ncncc2C(=O)c2ccn(Cc3cccc(I)c3)n2)C[C@@H]1CO. The molecule has 2 N–H and O–H groups in total. The number of nitrogens with zero attached hydrogens (tertiary/aromatic N) is 4. The molecule has 0 aliphatic heterocycles. The quantitative estimate of drug-likeness (QED) is 0.369. The van der Waals surface area contributed by atoms with Gasteiger partial charge < -0.3 is 10.4 Å². The van der Waals surface area contributed by atoms with Crippen LogP contribution < -0.4 is 5.32 Å². The van der Waals surface area contributed by atoms with Gasteiger partial charge in [0.25, 0.3) is 0 Å². The third kappa shape index (κ3) is 4.70.